The van der Waals surface area contributed by atoms with Crippen LogP contribution in [-0.2, 0) is 25.8 Å². The number of nitrogens with zero attached hydrogens (tertiary/aromatic N) is 2. The minimum absolute atomic E-state index is 0.0197. The number of carbonyl (C=O) groups excluding carboxylic acids is 2. The van der Waals surface area contributed by atoms with Crippen molar-refractivity contribution in [3.63, 3.8) is 0 Å². The third-order valence-corrected chi connectivity index (χ3v) is 9.99. The summed E-state index contributed by atoms with van der Waals surface area (Å²) in [7, 11) is -3.84. The standard InChI is InChI=1S/C24H30ClN3O4S/c25-20-12-18(7-6-17-4-2-1-3-5-17)8-9-22(20)33(31,32)19-13-21(28(14-19)16-29)23(30)27-24(15-26)10-11-24/h8-9,12,16-17,19,21H,1-7,10-11,13-14H2,(H,27,30)/t19-,21+/m1/s1. The maximum absolute atomic E-state index is 13.3. The van der Waals surface area contributed by atoms with E-state index >= 15 is 0 Å². The fourth-order valence-corrected chi connectivity index (χ4v) is 7.36. The second-order valence-corrected chi connectivity index (χ2v) is 12.3. The van der Waals surface area contributed by atoms with Crippen LogP contribution in [0.4, 0.5) is 0 Å². The largest absolute Gasteiger partial charge is 0.336 e. The Labute approximate surface area is 200 Å². The van der Waals surface area contributed by atoms with E-state index in [4.69, 9.17) is 11.6 Å². The van der Waals surface area contributed by atoms with E-state index in [0.29, 0.717) is 19.3 Å². The molecule has 2 saturated carbocycles. The van der Waals surface area contributed by atoms with Crippen LogP contribution in [0.25, 0.3) is 0 Å². The Morgan fingerprint density at radius 2 is 2.00 bits per heavy atom. The molecular formula is C24H30ClN3O4S. The zero-order valence-corrected chi connectivity index (χ0v) is 20.2. The number of sulfone groups is 1. The smallest absolute Gasteiger partial charge is 0.244 e. The lowest BCUT2D eigenvalue weighted by Gasteiger charge is -2.21. The molecule has 0 unspecified atom stereocenters. The number of hydrogen-bond acceptors (Lipinski definition) is 5. The number of amides is 2. The van der Waals surface area contributed by atoms with Gasteiger partial charge in [0.05, 0.1) is 21.2 Å². The van der Waals surface area contributed by atoms with Gasteiger partial charge in [0, 0.05) is 6.54 Å². The molecule has 1 saturated heterocycles. The molecular weight excluding hydrogens is 462 g/mol. The molecule has 2 amide bonds. The molecule has 9 heteroatoms. The Kier molecular flexibility index (Phi) is 7.01. The van der Waals surface area contributed by atoms with Gasteiger partial charge in [0.2, 0.25) is 12.3 Å². The Hall–Kier alpha value is -2.11. The van der Waals surface area contributed by atoms with Crippen LogP contribution in [0.3, 0.4) is 0 Å². The molecule has 3 aliphatic rings. The van der Waals surface area contributed by atoms with Gasteiger partial charge in [-0.05, 0) is 55.7 Å². The van der Waals surface area contributed by atoms with E-state index in [0.717, 1.165) is 24.3 Å². The number of likely N-dealkylation sites (tertiary alicyclic amines) is 1. The quantitative estimate of drug-likeness (QED) is 0.561. The first-order valence-electron chi connectivity index (χ1n) is 11.7. The molecule has 2 atom stereocenters. The van der Waals surface area contributed by atoms with E-state index < -0.39 is 32.6 Å². The zero-order valence-electron chi connectivity index (χ0n) is 18.6. The summed E-state index contributed by atoms with van der Waals surface area (Å²) in [5.74, 6) is 0.246. The van der Waals surface area contributed by atoms with E-state index in [1.54, 1.807) is 12.1 Å². The lowest BCUT2D eigenvalue weighted by atomic mass is 9.85. The van der Waals surface area contributed by atoms with Gasteiger partial charge in [-0.25, -0.2) is 8.42 Å². The van der Waals surface area contributed by atoms with Crippen molar-refractivity contribution in [2.45, 2.75) is 85.9 Å². The predicted molar refractivity (Wildman–Crippen MR) is 124 cm³/mol. The molecule has 0 spiro atoms. The highest BCUT2D eigenvalue weighted by Gasteiger charge is 2.49. The van der Waals surface area contributed by atoms with Gasteiger partial charge in [0.25, 0.3) is 0 Å². The van der Waals surface area contributed by atoms with Crippen molar-refractivity contribution in [2.24, 2.45) is 5.92 Å². The molecule has 1 aromatic rings. The van der Waals surface area contributed by atoms with E-state index in [2.05, 4.69) is 11.4 Å². The summed E-state index contributed by atoms with van der Waals surface area (Å²) in [6, 6.07) is 6.27. The van der Waals surface area contributed by atoms with Crippen LogP contribution >= 0.6 is 11.6 Å². The van der Waals surface area contributed by atoms with E-state index in [1.165, 1.54) is 37.0 Å². The predicted octanol–water partition coefficient (Wildman–Crippen LogP) is 3.40. The first-order valence-corrected chi connectivity index (χ1v) is 13.7. The fraction of sp³-hybridized carbons (Fsp3) is 0.625. The molecule has 1 aromatic carbocycles. The Morgan fingerprint density at radius 1 is 1.27 bits per heavy atom. The third-order valence-electron chi connectivity index (χ3n) is 7.37. The molecule has 4 rings (SSSR count). The van der Waals surface area contributed by atoms with Gasteiger partial charge in [-0.2, -0.15) is 5.26 Å². The second-order valence-electron chi connectivity index (χ2n) is 9.71. The molecule has 0 aromatic heterocycles. The van der Waals surface area contributed by atoms with Crippen LogP contribution in [0.1, 0.15) is 63.4 Å². The molecule has 178 valence electrons. The van der Waals surface area contributed by atoms with Gasteiger partial charge in [-0.1, -0.05) is 49.8 Å². The lowest BCUT2D eigenvalue weighted by Crippen LogP contribution is -2.47. The zero-order chi connectivity index (χ0) is 23.6. The highest BCUT2D eigenvalue weighted by molar-refractivity contribution is 7.92. The van der Waals surface area contributed by atoms with Crippen molar-refractivity contribution in [1.29, 1.82) is 5.26 Å². The molecule has 2 aliphatic carbocycles. The van der Waals surface area contributed by atoms with Gasteiger partial charge >= 0.3 is 0 Å². The van der Waals surface area contributed by atoms with Gasteiger partial charge in [0.15, 0.2) is 9.84 Å². The topological polar surface area (TPSA) is 107 Å². The Morgan fingerprint density at radius 3 is 2.61 bits per heavy atom. The summed E-state index contributed by atoms with van der Waals surface area (Å²) in [6.45, 7) is -0.0801. The van der Waals surface area contributed by atoms with Gasteiger partial charge in [-0.15, -0.1) is 0 Å². The molecule has 7 nitrogen and oxygen atoms in total. The van der Waals surface area contributed by atoms with Crippen molar-refractivity contribution in [3.05, 3.63) is 28.8 Å². The van der Waals surface area contributed by atoms with E-state index in [9.17, 15) is 23.3 Å². The van der Waals surface area contributed by atoms with Crippen LogP contribution in [0, 0.1) is 17.2 Å². The maximum Gasteiger partial charge on any atom is 0.244 e. The summed E-state index contributed by atoms with van der Waals surface area (Å²) in [5.41, 5.74) is 0.147. The first-order chi connectivity index (χ1) is 15.8. The maximum atomic E-state index is 13.3. The number of rotatable bonds is 8. The van der Waals surface area contributed by atoms with Crippen molar-refractivity contribution in [1.82, 2.24) is 10.2 Å². The average Bonchev–Trinajstić information content (AvgIpc) is 3.43. The lowest BCUT2D eigenvalue weighted by molar-refractivity contribution is -0.131. The SMILES string of the molecule is N#CC1(NC(=O)[C@@H]2C[C@@H](S(=O)(=O)c3ccc(CCC4CCCCC4)cc3Cl)CN2C=O)CC1. The average molecular weight is 492 g/mol. The monoisotopic (exact) mass is 491 g/mol. The number of aryl methyl sites for hydroxylation is 1. The Balaban J connectivity index is 1.44. The van der Waals surface area contributed by atoms with Crippen LogP contribution in [-0.4, -0.2) is 49.0 Å². The Bertz CT molecular complexity index is 1060. The third kappa shape index (κ3) is 5.20. The second kappa shape index (κ2) is 9.63. The summed E-state index contributed by atoms with van der Waals surface area (Å²) in [5, 5.41) is 11.1. The molecule has 33 heavy (non-hydrogen) atoms. The van der Waals surface area contributed by atoms with Gasteiger partial charge in [-0.3, -0.25) is 9.59 Å². The number of carbonyl (C=O) groups is 2. The highest BCUT2D eigenvalue weighted by Crippen LogP contribution is 2.36. The molecule has 1 aliphatic heterocycles. The van der Waals surface area contributed by atoms with Crippen molar-refractivity contribution in [3.8, 4) is 6.07 Å². The van der Waals surface area contributed by atoms with Crippen molar-refractivity contribution < 1.29 is 18.0 Å². The molecule has 0 bridgehead atoms. The number of hydrogen-bond donors (Lipinski definition) is 1. The van der Waals surface area contributed by atoms with Gasteiger partial charge in [0.1, 0.15) is 11.6 Å². The normalized spacial score (nSPS) is 24.8. The number of halogens is 1. The van der Waals surface area contributed by atoms with E-state index in [-0.39, 0.29) is 22.9 Å². The first kappa shape index (κ1) is 24.0. The molecule has 1 N–H and O–H groups in total. The number of benzene rings is 1. The molecule has 1 heterocycles. The van der Waals surface area contributed by atoms with E-state index in [1.807, 2.05) is 6.07 Å². The fourth-order valence-electron chi connectivity index (χ4n) is 5.09. The summed E-state index contributed by atoms with van der Waals surface area (Å²) >= 11 is 6.42. The summed E-state index contributed by atoms with van der Waals surface area (Å²) in [6.07, 6.45) is 9.99. The number of nitriles is 1. The number of nitrogens with one attached hydrogen (secondary N) is 1. The van der Waals surface area contributed by atoms with Crippen LogP contribution in [0.5, 0.6) is 0 Å². The van der Waals surface area contributed by atoms with Crippen molar-refractivity contribution in [2.75, 3.05) is 6.54 Å². The minimum atomic E-state index is -3.84. The van der Waals surface area contributed by atoms with Crippen LogP contribution in [0.15, 0.2) is 23.1 Å². The van der Waals surface area contributed by atoms with Crippen LogP contribution < -0.4 is 5.32 Å². The highest BCUT2D eigenvalue weighted by atomic mass is 35.5. The van der Waals surface area contributed by atoms with Crippen LogP contribution in [0.2, 0.25) is 5.02 Å². The minimum Gasteiger partial charge on any atom is -0.336 e. The van der Waals surface area contributed by atoms with Crippen molar-refractivity contribution >= 4 is 33.8 Å². The molecule has 3 fully saturated rings. The molecule has 0 radical (unpaired) electrons. The summed E-state index contributed by atoms with van der Waals surface area (Å²) in [4.78, 5) is 25.5. The summed E-state index contributed by atoms with van der Waals surface area (Å²) < 4.78 is 26.7. The van der Waals surface area contributed by atoms with Gasteiger partial charge < -0.3 is 10.2 Å².